The Morgan fingerprint density at radius 1 is 1.00 bits per heavy atom. The van der Waals surface area contributed by atoms with Crippen molar-refractivity contribution in [3.05, 3.63) is 59.7 Å². The first-order valence-electron chi connectivity index (χ1n) is 13.1. The van der Waals surface area contributed by atoms with Gasteiger partial charge in [0.15, 0.2) is 0 Å². The Hall–Kier alpha value is -2.68. The number of sulfonamides is 1. The molecule has 0 spiro atoms. The number of hydrogen-bond acceptors (Lipinski definition) is 8. The first kappa shape index (κ1) is 28.3. The summed E-state index contributed by atoms with van der Waals surface area (Å²) in [4.78, 5) is 4.83. The molecule has 2 aliphatic heterocycles. The normalized spacial score (nSPS) is 20.3. The topological polar surface area (TPSA) is 95.3 Å². The Balaban J connectivity index is 1.19. The van der Waals surface area contributed by atoms with E-state index >= 15 is 0 Å². The SMILES string of the molecule is COc1cccc(CCCN2CC3CN(CCN(CCOc4ccc(C#N)cc4)S(C)(=O)=O)CC(C2)O3)c1. The summed E-state index contributed by atoms with van der Waals surface area (Å²) < 4.78 is 43.5. The summed E-state index contributed by atoms with van der Waals surface area (Å²) in [5, 5.41) is 8.91. The number of nitrogens with zero attached hydrogens (tertiary/aromatic N) is 4. The minimum Gasteiger partial charge on any atom is -0.497 e. The van der Waals surface area contributed by atoms with Crippen molar-refractivity contribution >= 4 is 10.0 Å². The zero-order chi connectivity index (χ0) is 27.0. The summed E-state index contributed by atoms with van der Waals surface area (Å²) in [6.07, 6.45) is 3.64. The van der Waals surface area contributed by atoms with Crippen LogP contribution in [0.15, 0.2) is 48.5 Å². The molecule has 0 N–H and O–H groups in total. The Morgan fingerprint density at radius 3 is 2.32 bits per heavy atom. The maximum absolute atomic E-state index is 12.4. The number of nitriles is 1. The first-order valence-corrected chi connectivity index (χ1v) is 15.0. The molecule has 0 aliphatic carbocycles. The van der Waals surface area contributed by atoms with Crippen LogP contribution in [0.25, 0.3) is 0 Å². The average molecular weight is 543 g/mol. The maximum Gasteiger partial charge on any atom is 0.211 e. The van der Waals surface area contributed by atoms with E-state index < -0.39 is 10.0 Å². The molecule has 4 rings (SSSR count). The zero-order valence-corrected chi connectivity index (χ0v) is 23.1. The van der Waals surface area contributed by atoms with Crippen molar-refractivity contribution in [3.8, 4) is 17.6 Å². The zero-order valence-electron chi connectivity index (χ0n) is 22.3. The second kappa shape index (κ2) is 13.4. The fraction of sp³-hybridized carbons (Fsp3) is 0.536. The number of benzene rings is 2. The van der Waals surface area contributed by atoms with Crippen molar-refractivity contribution in [1.82, 2.24) is 14.1 Å². The van der Waals surface area contributed by atoms with Gasteiger partial charge in [-0.05, 0) is 61.3 Å². The summed E-state index contributed by atoms with van der Waals surface area (Å²) in [5.41, 5.74) is 1.85. The molecule has 0 amide bonds. The van der Waals surface area contributed by atoms with Gasteiger partial charge in [-0.15, -0.1) is 0 Å². The molecule has 38 heavy (non-hydrogen) atoms. The van der Waals surface area contributed by atoms with Crippen molar-refractivity contribution in [2.75, 3.05) is 72.3 Å². The maximum atomic E-state index is 12.4. The molecular formula is C28H38N4O5S. The monoisotopic (exact) mass is 542 g/mol. The van der Waals surface area contributed by atoms with Gasteiger partial charge in [0.25, 0.3) is 0 Å². The lowest BCUT2D eigenvalue weighted by Crippen LogP contribution is -2.60. The first-order chi connectivity index (χ1) is 18.3. The molecule has 10 heteroatoms. The van der Waals surface area contributed by atoms with Crippen LogP contribution in [-0.2, 0) is 21.2 Å². The van der Waals surface area contributed by atoms with E-state index in [1.165, 1.54) is 16.1 Å². The van der Waals surface area contributed by atoms with Crippen molar-refractivity contribution in [3.63, 3.8) is 0 Å². The molecule has 0 aromatic heterocycles. The van der Waals surface area contributed by atoms with Gasteiger partial charge in [0.2, 0.25) is 10.0 Å². The van der Waals surface area contributed by atoms with Crippen molar-refractivity contribution in [2.45, 2.75) is 25.0 Å². The fourth-order valence-electron chi connectivity index (χ4n) is 5.15. The molecule has 9 nitrogen and oxygen atoms in total. The van der Waals surface area contributed by atoms with E-state index in [-0.39, 0.29) is 25.4 Å². The van der Waals surface area contributed by atoms with Crippen LogP contribution in [0.4, 0.5) is 0 Å². The standard InChI is InChI=1S/C28H38N4O5S/c1-35-26-7-3-5-23(17-26)6-4-12-30-19-27-21-31(22-28(20-30)37-27)13-14-32(38(2,33)34)15-16-36-25-10-8-24(18-29)9-11-25/h3,5,7-11,17,27-28H,4,6,12-16,19-22H2,1-2H3. The molecule has 0 radical (unpaired) electrons. The lowest BCUT2D eigenvalue weighted by molar-refractivity contribution is -0.138. The highest BCUT2D eigenvalue weighted by Crippen LogP contribution is 2.20. The van der Waals surface area contributed by atoms with E-state index in [2.05, 4.69) is 28.0 Å². The Bertz CT molecular complexity index is 1170. The van der Waals surface area contributed by atoms with E-state index in [4.69, 9.17) is 19.5 Å². The molecule has 2 saturated heterocycles. The molecule has 2 bridgehead atoms. The number of aryl methyl sites for hydroxylation is 1. The lowest BCUT2D eigenvalue weighted by Gasteiger charge is -2.46. The Labute approximate surface area is 226 Å². The van der Waals surface area contributed by atoms with Crippen LogP contribution in [0.5, 0.6) is 11.5 Å². The predicted octanol–water partition coefficient (Wildman–Crippen LogP) is 2.23. The van der Waals surface area contributed by atoms with E-state index in [1.54, 1.807) is 31.4 Å². The molecule has 2 aliphatic rings. The minimum atomic E-state index is -3.36. The summed E-state index contributed by atoms with van der Waals surface area (Å²) in [7, 11) is -1.66. The van der Waals surface area contributed by atoms with Crippen LogP contribution in [0.1, 0.15) is 17.5 Å². The van der Waals surface area contributed by atoms with Gasteiger partial charge in [-0.2, -0.15) is 9.57 Å². The second-order valence-corrected chi connectivity index (χ2v) is 12.0. The van der Waals surface area contributed by atoms with Gasteiger partial charge < -0.3 is 14.2 Å². The third kappa shape index (κ3) is 8.41. The number of methoxy groups -OCH3 is 1. The molecule has 0 saturated carbocycles. The van der Waals surface area contributed by atoms with Crippen molar-refractivity contribution in [1.29, 1.82) is 5.26 Å². The number of fused-ring (bicyclic) bond motifs is 2. The van der Waals surface area contributed by atoms with Crippen molar-refractivity contribution < 1.29 is 22.6 Å². The summed E-state index contributed by atoms with van der Waals surface area (Å²) in [6, 6.07) is 17.1. The molecule has 2 heterocycles. The van der Waals surface area contributed by atoms with E-state index in [1.807, 2.05) is 12.1 Å². The largest absolute Gasteiger partial charge is 0.497 e. The van der Waals surface area contributed by atoms with Crippen LogP contribution < -0.4 is 9.47 Å². The Morgan fingerprint density at radius 2 is 1.68 bits per heavy atom. The Kier molecular flexibility index (Phi) is 9.99. The van der Waals surface area contributed by atoms with Crippen LogP contribution in [-0.4, -0.2) is 107 Å². The third-order valence-corrected chi connectivity index (χ3v) is 8.34. The van der Waals surface area contributed by atoms with Crippen LogP contribution in [0, 0.1) is 11.3 Å². The number of rotatable bonds is 13. The van der Waals surface area contributed by atoms with Crippen LogP contribution in [0.3, 0.4) is 0 Å². The van der Waals surface area contributed by atoms with E-state index in [0.29, 0.717) is 24.4 Å². The molecule has 2 aromatic rings. The van der Waals surface area contributed by atoms with Gasteiger partial charge in [0, 0.05) is 45.8 Å². The summed E-state index contributed by atoms with van der Waals surface area (Å²) in [5.74, 6) is 1.52. The highest BCUT2D eigenvalue weighted by Gasteiger charge is 2.34. The number of ether oxygens (including phenoxy) is 3. The van der Waals surface area contributed by atoms with E-state index in [9.17, 15) is 8.42 Å². The van der Waals surface area contributed by atoms with Gasteiger partial charge in [-0.1, -0.05) is 12.1 Å². The molecule has 2 unspecified atom stereocenters. The highest BCUT2D eigenvalue weighted by molar-refractivity contribution is 7.88. The predicted molar refractivity (Wildman–Crippen MR) is 146 cm³/mol. The molecule has 2 atom stereocenters. The lowest BCUT2D eigenvalue weighted by atomic mass is 10.1. The molecule has 2 aromatic carbocycles. The van der Waals surface area contributed by atoms with Gasteiger partial charge in [0.1, 0.15) is 18.1 Å². The highest BCUT2D eigenvalue weighted by atomic mass is 32.2. The fourth-order valence-corrected chi connectivity index (χ4v) is 5.97. The van der Waals surface area contributed by atoms with Gasteiger partial charge in [-0.25, -0.2) is 8.42 Å². The van der Waals surface area contributed by atoms with Gasteiger partial charge in [0.05, 0.1) is 37.2 Å². The minimum absolute atomic E-state index is 0.144. The summed E-state index contributed by atoms with van der Waals surface area (Å²) in [6.45, 7) is 6.06. The number of hydrogen-bond donors (Lipinski definition) is 0. The average Bonchev–Trinajstić information content (AvgIpc) is 2.90. The van der Waals surface area contributed by atoms with Gasteiger partial charge in [-0.3, -0.25) is 9.80 Å². The van der Waals surface area contributed by atoms with Crippen LogP contribution >= 0.6 is 0 Å². The van der Waals surface area contributed by atoms with E-state index in [0.717, 1.165) is 51.3 Å². The quantitative estimate of drug-likeness (QED) is 0.380. The van der Waals surface area contributed by atoms with Crippen LogP contribution in [0.2, 0.25) is 0 Å². The third-order valence-electron chi connectivity index (χ3n) is 7.03. The molecule has 2 fully saturated rings. The molecule has 206 valence electrons. The van der Waals surface area contributed by atoms with Crippen molar-refractivity contribution in [2.24, 2.45) is 0 Å². The van der Waals surface area contributed by atoms with Gasteiger partial charge >= 0.3 is 0 Å². The summed E-state index contributed by atoms with van der Waals surface area (Å²) >= 11 is 0. The second-order valence-electron chi connectivity index (χ2n) is 10.0. The smallest absolute Gasteiger partial charge is 0.211 e. The molecular weight excluding hydrogens is 504 g/mol. The number of morpholine rings is 2.